The Hall–Kier alpha value is -2.82. The number of amides is 2. The third-order valence-corrected chi connectivity index (χ3v) is 5.11. The van der Waals surface area contributed by atoms with Gasteiger partial charge in [0.2, 0.25) is 11.8 Å². The summed E-state index contributed by atoms with van der Waals surface area (Å²) in [5.74, 6) is 0.606. The fourth-order valence-electron chi connectivity index (χ4n) is 3.82. The summed E-state index contributed by atoms with van der Waals surface area (Å²) in [6, 6.07) is 14.1. The smallest absolute Gasteiger partial charge is 0.244 e. The maximum atomic E-state index is 12.7. The van der Waals surface area contributed by atoms with Crippen molar-refractivity contribution in [2.45, 2.75) is 38.1 Å². The summed E-state index contributed by atoms with van der Waals surface area (Å²) in [5.41, 5.74) is 1.27. The van der Waals surface area contributed by atoms with Crippen LogP contribution in [-0.2, 0) is 9.59 Å². The summed E-state index contributed by atoms with van der Waals surface area (Å²) in [7, 11) is 0. The molecule has 2 atom stereocenters. The fraction of sp³-hybridized carbons (Fsp3) is 0.364. The van der Waals surface area contributed by atoms with Gasteiger partial charge >= 0.3 is 0 Å². The minimum absolute atomic E-state index is 0.0169. The number of carbonyl (C=O) groups is 2. The molecular formula is C22H26N2O3. The number of benzene rings is 1. The Balaban J connectivity index is 1.57. The minimum atomic E-state index is -0.300. The van der Waals surface area contributed by atoms with Crippen molar-refractivity contribution in [2.24, 2.45) is 0 Å². The maximum absolute atomic E-state index is 12.7. The second-order valence-corrected chi connectivity index (χ2v) is 6.79. The van der Waals surface area contributed by atoms with Gasteiger partial charge in [-0.1, -0.05) is 37.3 Å². The topological polar surface area (TPSA) is 62.6 Å². The number of hydrogen-bond donors (Lipinski definition) is 1. The molecule has 2 aromatic rings. The summed E-state index contributed by atoms with van der Waals surface area (Å²) in [6.45, 7) is 2.94. The number of hydrogen-bond acceptors (Lipinski definition) is 3. The molecule has 27 heavy (non-hydrogen) atoms. The van der Waals surface area contributed by atoms with Crippen LogP contribution in [0.3, 0.4) is 0 Å². The maximum Gasteiger partial charge on any atom is 0.244 e. The lowest BCUT2D eigenvalue weighted by Crippen LogP contribution is -2.44. The molecule has 0 spiro atoms. The first-order chi connectivity index (χ1) is 13.2. The third-order valence-electron chi connectivity index (χ3n) is 5.11. The van der Waals surface area contributed by atoms with Crippen molar-refractivity contribution in [2.75, 3.05) is 13.1 Å². The number of likely N-dealkylation sites (tertiary alicyclic amines) is 1. The highest BCUT2D eigenvalue weighted by molar-refractivity contribution is 5.94. The molecule has 2 heterocycles. The van der Waals surface area contributed by atoms with E-state index in [9.17, 15) is 9.59 Å². The Bertz CT molecular complexity index is 768. The molecular weight excluding hydrogens is 340 g/mol. The van der Waals surface area contributed by atoms with Crippen LogP contribution in [-0.4, -0.2) is 35.8 Å². The van der Waals surface area contributed by atoms with Crippen molar-refractivity contribution in [1.29, 1.82) is 0 Å². The van der Waals surface area contributed by atoms with Crippen LogP contribution in [0.5, 0.6) is 0 Å². The van der Waals surface area contributed by atoms with Gasteiger partial charge in [0, 0.05) is 24.6 Å². The van der Waals surface area contributed by atoms with Gasteiger partial charge in [0.05, 0.1) is 12.8 Å². The molecule has 0 unspecified atom stereocenters. The second-order valence-electron chi connectivity index (χ2n) is 6.79. The zero-order valence-electron chi connectivity index (χ0n) is 15.6. The fourth-order valence-corrected chi connectivity index (χ4v) is 3.82. The molecule has 1 N–H and O–H groups in total. The van der Waals surface area contributed by atoms with Gasteiger partial charge in [-0.15, -0.1) is 0 Å². The molecule has 0 aliphatic carbocycles. The van der Waals surface area contributed by atoms with Crippen LogP contribution >= 0.6 is 0 Å². The van der Waals surface area contributed by atoms with Gasteiger partial charge in [-0.25, -0.2) is 0 Å². The van der Waals surface area contributed by atoms with Gasteiger partial charge < -0.3 is 14.6 Å². The quantitative estimate of drug-likeness (QED) is 0.762. The van der Waals surface area contributed by atoms with E-state index in [1.54, 1.807) is 24.5 Å². The molecule has 1 saturated heterocycles. The van der Waals surface area contributed by atoms with Crippen molar-refractivity contribution in [3.05, 3.63) is 66.1 Å². The normalized spacial score (nSPS) is 18.0. The highest BCUT2D eigenvalue weighted by atomic mass is 16.3. The zero-order valence-corrected chi connectivity index (χ0v) is 15.6. The van der Waals surface area contributed by atoms with E-state index in [0.717, 1.165) is 25.8 Å². The van der Waals surface area contributed by atoms with Crippen LogP contribution in [0.15, 0.2) is 59.2 Å². The largest absolute Gasteiger partial charge is 0.465 e. The Morgan fingerprint density at radius 2 is 2.07 bits per heavy atom. The van der Waals surface area contributed by atoms with Crippen molar-refractivity contribution in [3.63, 3.8) is 0 Å². The van der Waals surface area contributed by atoms with E-state index in [1.165, 1.54) is 11.6 Å². The molecule has 1 aliphatic rings. The first-order valence-electron chi connectivity index (χ1n) is 9.53. The molecule has 0 bridgehead atoms. The minimum Gasteiger partial charge on any atom is -0.465 e. The van der Waals surface area contributed by atoms with Gasteiger partial charge in [0.25, 0.3) is 0 Å². The molecule has 5 heteroatoms. The summed E-state index contributed by atoms with van der Waals surface area (Å²) in [5, 5.41) is 2.68. The number of carbonyl (C=O) groups excluding carboxylic acids is 2. The summed E-state index contributed by atoms with van der Waals surface area (Å²) in [4.78, 5) is 26.6. The molecule has 1 aliphatic heterocycles. The van der Waals surface area contributed by atoms with Gasteiger partial charge in [-0.05, 0) is 43.0 Å². The van der Waals surface area contributed by atoms with Gasteiger partial charge in [-0.3, -0.25) is 9.59 Å². The Kier molecular flexibility index (Phi) is 6.47. The molecule has 2 amide bonds. The Morgan fingerprint density at radius 3 is 2.78 bits per heavy atom. The zero-order chi connectivity index (χ0) is 19.1. The van der Waals surface area contributed by atoms with Crippen LogP contribution in [0, 0.1) is 0 Å². The number of furan rings is 1. The van der Waals surface area contributed by atoms with Gasteiger partial charge in [0.1, 0.15) is 5.76 Å². The van der Waals surface area contributed by atoms with Crippen LogP contribution in [0.1, 0.15) is 43.4 Å². The van der Waals surface area contributed by atoms with Crippen LogP contribution in [0.4, 0.5) is 0 Å². The van der Waals surface area contributed by atoms with E-state index in [0.29, 0.717) is 11.7 Å². The standard InChI is InChI=1S/C22H26N2O3/c1-2-19(17-8-4-3-5-9-17)20-11-6-14-24(20)22(26)16-23-21(25)13-12-18-10-7-15-27-18/h3-5,7-10,12-13,15,19-20H,2,6,11,14,16H2,1H3,(H,23,25)/b13-12+/t19-,20-/m1/s1. The summed E-state index contributed by atoms with van der Waals surface area (Å²) in [6.07, 6.45) is 7.51. The average Bonchev–Trinajstić information content (AvgIpc) is 3.38. The van der Waals surface area contributed by atoms with E-state index in [2.05, 4.69) is 24.4 Å². The summed E-state index contributed by atoms with van der Waals surface area (Å²) >= 11 is 0. The lowest BCUT2D eigenvalue weighted by atomic mass is 9.87. The van der Waals surface area contributed by atoms with Crippen LogP contribution in [0.2, 0.25) is 0 Å². The lowest BCUT2D eigenvalue weighted by Gasteiger charge is -2.31. The second kappa shape index (κ2) is 9.21. The van der Waals surface area contributed by atoms with E-state index >= 15 is 0 Å². The predicted octanol–water partition coefficient (Wildman–Crippen LogP) is 3.59. The number of rotatable bonds is 7. The van der Waals surface area contributed by atoms with Gasteiger partial charge in [0.15, 0.2) is 0 Å². The average molecular weight is 366 g/mol. The molecule has 1 fully saturated rings. The first kappa shape index (κ1) is 19.0. The molecule has 5 nitrogen and oxygen atoms in total. The SMILES string of the molecule is CC[C@H](c1ccccc1)[C@H]1CCCN1C(=O)CNC(=O)/C=C/c1ccco1. The molecule has 142 valence electrons. The summed E-state index contributed by atoms with van der Waals surface area (Å²) < 4.78 is 5.14. The molecule has 3 rings (SSSR count). The molecule has 0 saturated carbocycles. The van der Waals surface area contributed by atoms with Crippen molar-refractivity contribution in [3.8, 4) is 0 Å². The van der Waals surface area contributed by atoms with Crippen molar-refractivity contribution in [1.82, 2.24) is 10.2 Å². The predicted molar refractivity (Wildman–Crippen MR) is 105 cm³/mol. The highest BCUT2D eigenvalue weighted by Crippen LogP contribution is 2.33. The number of nitrogens with one attached hydrogen (secondary N) is 1. The van der Waals surface area contributed by atoms with E-state index in [4.69, 9.17) is 4.42 Å². The molecule has 1 aromatic carbocycles. The van der Waals surface area contributed by atoms with Gasteiger partial charge in [-0.2, -0.15) is 0 Å². The van der Waals surface area contributed by atoms with Crippen molar-refractivity contribution >= 4 is 17.9 Å². The third kappa shape index (κ3) is 4.88. The molecule has 0 radical (unpaired) electrons. The Labute approximate surface area is 160 Å². The van der Waals surface area contributed by atoms with Crippen LogP contribution < -0.4 is 5.32 Å². The van der Waals surface area contributed by atoms with Crippen LogP contribution in [0.25, 0.3) is 6.08 Å². The highest BCUT2D eigenvalue weighted by Gasteiger charge is 2.34. The van der Waals surface area contributed by atoms with E-state index in [1.807, 2.05) is 23.1 Å². The van der Waals surface area contributed by atoms with Crippen molar-refractivity contribution < 1.29 is 14.0 Å². The van der Waals surface area contributed by atoms with E-state index < -0.39 is 0 Å². The lowest BCUT2D eigenvalue weighted by molar-refractivity contribution is -0.133. The first-order valence-corrected chi connectivity index (χ1v) is 9.53. The monoisotopic (exact) mass is 366 g/mol. The molecule has 1 aromatic heterocycles. The van der Waals surface area contributed by atoms with E-state index in [-0.39, 0.29) is 24.4 Å². The Morgan fingerprint density at radius 1 is 1.26 bits per heavy atom. The number of nitrogens with zero attached hydrogens (tertiary/aromatic N) is 1.